The fraction of sp³-hybridized carbons (Fsp3) is 0.238. The summed E-state index contributed by atoms with van der Waals surface area (Å²) in [5.74, 6) is -1.39. The zero-order valence-electron chi connectivity index (χ0n) is 15.0. The summed E-state index contributed by atoms with van der Waals surface area (Å²) in [7, 11) is 0. The average molecular weight is 399 g/mol. The second-order valence-corrected chi connectivity index (χ2v) is 7.34. The Morgan fingerprint density at radius 2 is 2.04 bits per heavy atom. The summed E-state index contributed by atoms with van der Waals surface area (Å²) in [6.07, 6.45) is 1.36. The van der Waals surface area contributed by atoms with E-state index >= 15 is 0 Å². The first-order valence-electron chi connectivity index (χ1n) is 8.98. The van der Waals surface area contributed by atoms with Crippen LogP contribution in [0.15, 0.2) is 42.5 Å². The Balaban J connectivity index is 1.89. The van der Waals surface area contributed by atoms with Gasteiger partial charge in [-0.05, 0) is 48.2 Å². The molecule has 0 saturated carbocycles. The predicted molar refractivity (Wildman–Crippen MR) is 106 cm³/mol. The highest BCUT2D eigenvalue weighted by Gasteiger charge is 2.34. The van der Waals surface area contributed by atoms with Crippen molar-refractivity contribution < 1.29 is 19.4 Å². The van der Waals surface area contributed by atoms with Crippen molar-refractivity contribution in [2.45, 2.75) is 25.3 Å². The number of ether oxygens (including phenoxy) is 1. The number of aliphatic carboxylic acids is 1. The van der Waals surface area contributed by atoms with Gasteiger partial charge in [0.25, 0.3) is 0 Å². The van der Waals surface area contributed by atoms with Crippen molar-refractivity contribution >= 4 is 34.4 Å². The number of fused-ring (bicyclic) bond motifs is 3. The van der Waals surface area contributed by atoms with Crippen LogP contribution in [0.3, 0.4) is 0 Å². The summed E-state index contributed by atoms with van der Waals surface area (Å²) < 4.78 is 7.68. The van der Waals surface area contributed by atoms with Crippen molar-refractivity contribution in [2.24, 2.45) is 5.73 Å². The number of carbonyl (C=O) groups is 2. The largest absolute Gasteiger partial charge is 0.481 e. The van der Waals surface area contributed by atoms with E-state index in [2.05, 4.69) is 4.57 Å². The van der Waals surface area contributed by atoms with Gasteiger partial charge in [-0.3, -0.25) is 4.79 Å². The number of amides is 1. The molecule has 6 nitrogen and oxygen atoms in total. The first-order valence-corrected chi connectivity index (χ1v) is 9.36. The number of carboxylic acid groups (broad SMARTS) is 1. The van der Waals surface area contributed by atoms with Gasteiger partial charge in [-0.25, -0.2) is 4.79 Å². The van der Waals surface area contributed by atoms with E-state index in [4.69, 9.17) is 27.2 Å². The third-order valence-electron chi connectivity index (χ3n) is 5.14. The van der Waals surface area contributed by atoms with Crippen molar-refractivity contribution in [3.8, 4) is 5.75 Å². The summed E-state index contributed by atoms with van der Waals surface area (Å²) in [6.45, 7) is 0.134. The molecule has 1 heterocycles. The second kappa shape index (κ2) is 7.20. The van der Waals surface area contributed by atoms with Gasteiger partial charge in [0, 0.05) is 22.6 Å². The number of nitrogens with zero attached hydrogens (tertiary/aromatic N) is 1. The number of aromatic nitrogens is 1. The smallest absolute Gasteiger partial charge is 0.341 e. The lowest BCUT2D eigenvalue weighted by molar-refractivity contribution is -0.139. The molecule has 0 bridgehead atoms. The van der Waals surface area contributed by atoms with Gasteiger partial charge in [-0.1, -0.05) is 29.8 Å². The van der Waals surface area contributed by atoms with Gasteiger partial charge in [0.15, 0.2) is 6.61 Å². The molecule has 1 aliphatic carbocycles. The van der Waals surface area contributed by atoms with Crippen LogP contribution < -0.4 is 10.5 Å². The van der Waals surface area contributed by atoms with Crippen LogP contribution in [-0.2, 0) is 22.6 Å². The molecule has 1 aromatic heterocycles. The lowest BCUT2D eigenvalue weighted by atomic mass is 9.99. The SMILES string of the molecule is NC(=O)C1CCc2c1c1c(OCC(=O)O)cccc1n2Cc1cccc(Cl)c1. The molecule has 0 spiro atoms. The Hall–Kier alpha value is -2.99. The van der Waals surface area contributed by atoms with Crippen LogP contribution in [0.1, 0.15) is 29.2 Å². The summed E-state index contributed by atoms with van der Waals surface area (Å²) >= 11 is 6.14. The molecule has 0 aliphatic heterocycles. The molecule has 3 aromatic rings. The minimum Gasteiger partial charge on any atom is -0.481 e. The quantitative estimate of drug-likeness (QED) is 0.665. The Morgan fingerprint density at radius 3 is 2.75 bits per heavy atom. The van der Waals surface area contributed by atoms with E-state index in [9.17, 15) is 9.59 Å². The Bertz CT molecular complexity index is 1090. The second-order valence-electron chi connectivity index (χ2n) is 6.90. The monoisotopic (exact) mass is 398 g/mol. The molecule has 0 saturated heterocycles. The molecular formula is C21H19ClN2O4. The maximum atomic E-state index is 12.1. The van der Waals surface area contributed by atoms with E-state index in [1.807, 2.05) is 36.4 Å². The Labute approximate surface area is 166 Å². The number of halogens is 1. The highest BCUT2D eigenvalue weighted by molar-refractivity contribution is 6.30. The molecule has 28 heavy (non-hydrogen) atoms. The van der Waals surface area contributed by atoms with Gasteiger partial charge in [-0.15, -0.1) is 0 Å². The number of hydrogen-bond acceptors (Lipinski definition) is 3. The van der Waals surface area contributed by atoms with Crippen LogP contribution in [0.5, 0.6) is 5.75 Å². The van der Waals surface area contributed by atoms with Crippen LogP contribution in [-0.4, -0.2) is 28.2 Å². The summed E-state index contributed by atoms with van der Waals surface area (Å²) in [6, 6.07) is 13.1. The highest BCUT2D eigenvalue weighted by Crippen LogP contribution is 2.44. The maximum absolute atomic E-state index is 12.1. The number of rotatable bonds is 6. The third kappa shape index (κ3) is 3.20. The van der Waals surface area contributed by atoms with Gasteiger partial charge < -0.3 is 20.1 Å². The van der Waals surface area contributed by atoms with Crippen LogP contribution in [0.4, 0.5) is 0 Å². The van der Waals surface area contributed by atoms with E-state index in [1.165, 1.54) is 0 Å². The van der Waals surface area contributed by atoms with Crippen LogP contribution >= 0.6 is 11.6 Å². The number of carbonyl (C=O) groups excluding carboxylic acids is 1. The van der Waals surface area contributed by atoms with E-state index in [0.717, 1.165) is 34.1 Å². The first kappa shape index (κ1) is 18.4. The minimum atomic E-state index is -1.06. The van der Waals surface area contributed by atoms with E-state index < -0.39 is 18.5 Å². The zero-order valence-corrected chi connectivity index (χ0v) is 15.8. The Kier molecular flexibility index (Phi) is 4.73. The molecule has 1 atom stereocenters. The van der Waals surface area contributed by atoms with Gasteiger partial charge in [0.1, 0.15) is 5.75 Å². The number of nitrogens with two attached hydrogens (primary N) is 1. The van der Waals surface area contributed by atoms with Gasteiger partial charge >= 0.3 is 5.97 Å². The first-order chi connectivity index (χ1) is 13.5. The van der Waals surface area contributed by atoms with E-state index in [1.54, 1.807) is 6.07 Å². The molecule has 1 unspecified atom stereocenters. The maximum Gasteiger partial charge on any atom is 0.341 e. The fourth-order valence-corrected chi connectivity index (χ4v) is 4.28. The van der Waals surface area contributed by atoms with E-state index in [0.29, 0.717) is 23.7 Å². The summed E-state index contributed by atoms with van der Waals surface area (Å²) in [5, 5.41) is 10.4. The topological polar surface area (TPSA) is 94.6 Å². The predicted octanol–water partition coefficient (Wildman–Crippen LogP) is 3.32. The molecule has 0 radical (unpaired) electrons. The normalized spacial score (nSPS) is 15.5. The Morgan fingerprint density at radius 1 is 1.25 bits per heavy atom. The summed E-state index contributed by atoms with van der Waals surface area (Å²) in [5.41, 5.74) is 9.46. The van der Waals surface area contributed by atoms with E-state index in [-0.39, 0.29) is 5.91 Å². The average Bonchev–Trinajstić information content (AvgIpc) is 3.20. The molecule has 1 aliphatic rings. The standard InChI is InChI=1S/C21H19ClN2O4/c22-13-4-1-3-12(9-13)10-24-15-5-2-6-17(28-11-18(25)26)20(15)19-14(21(23)27)7-8-16(19)24/h1-6,9,14H,7-8,10-11H2,(H2,23,27)(H,25,26). The van der Waals surface area contributed by atoms with Crippen LogP contribution in [0.2, 0.25) is 5.02 Å². The molecule has 1 amide bonds. The van der Waals surface area contributed by atoms with Crippen molar-refractivity contribution in [2.75, 3.05) is 6.61 Å². The van der Waals surface area contributed by atoms with Gasteiger partial charge in [-0.2, -0.15) is 0 Å². The highest BCUT2D eigenvalue weighted by atomic mass is 35.5. The molecule has 3 N–H and O–H groups in total. The molecule has 4 rings (SSSR count). The lowest BCUT2D eigenvalue weighted by Gasteiger charge is -2.12. The number of hydrogen-bond donors (Lipinski definition) is 2. The zero-order chi connectivity index (χ0) is 19.8. The summed E-state index contributed by atoms with van der Waals surface area (Å²) in [4.78, 5) is 23.0. The van der Waals surface area contributed by atoms with Gasteiger partial charge in [0.05, 0.1) is 11.4 Å². The number of benzene rings is 2. The van der Waals surface area contributed by atoms with Crippen molar-refractivity contribution in [3.63, 3.8) is 0 Å². The molecule has 144 valence electrons. The fourth-order valence-electron chi connectivity index (χ4n) is 4.06. The van der Waals surface area contributed by atoms with Gasteiger partial charge in [0.2, 0.25) is 5.91 Å². The molecular weight excluding hydrogens is 380 g/mol. The minimum absolute atomic E-state index is 0.381. The lowest BCUT2D eigenvalue weighted by Crippen LogP contribution is -2.19. The third-order valence-corrected chi connectivity index (χ3v) is 5.38. The van der Waals surface area contributed by atoms with Crippen molar-refractivity contribution in [3.05, 3.63) is 64.3 Å². The molecule has 2 aromatic carbocycles. The molecule has 7 heteroatoms. The number of carboxylic acids is 1. The van der Waals surface area contributed by atoms with Crippen LogP contribution in [0, 0.1) is 0 Å². The number of primary amides is 1. The van der Waals surface area contributed by atoms with Crippen LogP contribution in [0.25, 0.3) is 10.9 Å². The van der Waals surface area contributed by atoms with Crippen molar-refractivity contribution in [1.82, 2.24) is 4.57 Å². The molecule has 0 fully saturated rings. The van der Waals surface area contributed by atoms with Crippen molar-refractivity contribution in [1.29, 1.82) is 0 Å².